The summed E-state index contributed by atoms with van der Waals surface area (Å²) >= 11 is 3.36. The van der Waals surface area contributed by atoms with Gasteiger partial charge in [-0.2, -0.15) is 0 Å². The fourth-order valence-electron chi connectivity index (χ4n) is 2.95. The summed E-state index contributed by atoms with van der Waals surface area (Å²) < 4.78 is 25.5. The number of hydrogen-bond donors (Lipinski definition) is 1. The van der Waals surface area contributed by atoms with Crippen LogP contribution in [0.5, 0.6) is 0 Å². The fourth-order valence-corrected chi connectivity index (χ4v) is 5.79. The van der Waals surface area contributed by atoms with Gasteiger partial charge in [0.15, 0.2) is 9.84 Å². The molecule has 1 aliphatic carbocycles. The van der Waals surface area contributed by atoms with E-state index in [1.807, 2.05) is 6.07 Å². The number of benzene rings is 1. The van der Waals surface area contributed by atoms with Crippen molar-refractivity contribution in [2.24, 2.45) is 5.73 Å². The molecule has 3 rings (SSSR count). The van der Waals surface area contributed by atoms with Crippen LogP contribution in [0.15, 0.2) is 27.6 Å². The molecule has 1 fully saturated rings. The number of sulfone groups is 1. The Morgan fingerprint density at radius 2 is 2.06 bits per heavy atom. The largest absolute Gasteiger partial charge is 0.324 e. The van der Waals surface area contributed by atoms with Crippen LogP contribution in [-0.4, -0.2) is 13.2 Å². The Morgan fingerprint density at radius 3 is 2.65 bits per heavy atom. The SMILES string of the molecule is N[C@@H]1CC2(CCC2)S(=O)(=O)c2ccc(Br)cc21. The maximum absolute atomic E-state index is 12.6. The van der Waals surface area contributed by atoms with Gasteiger partial charge in [-0.15, -0.1) is 0 Å². The first-order valence-electron chi connectivity index (χ1n) is 5.76. The molecule has 1 spiro atoms. The molecule has 1 saturated carbocycles. The molecule has 1 heterocycles. The Hall–Kier alpha value is -0.390. The van der Waals surface area contributed by atoms with Crippen molar-refractivity contribution >= 4 is 25.8 Å². The third kappa shape index (κ3) is 1.45. The first kappa shape index (κ1) is 11.7. The van der Waals surface area contributed by atoms with E-state index in [0.29, 0.717) is 11.3 Å². The van der Waals surface area contributed by atoms with Crippen LogP contribution in [-0.2, 0) is 9.84 Å². The van der Waals surface area contributed by atoms with Crippen molar-refractivity contribution < 1.29 is 8.42 Å². The Morgan fingerprint density at radius 1 is 1.35 bits per heavy atom. The quantitative estimate of drug-likeness (QED) is 0.800. The molecule has 2 N–H and O–H groups in total. The van der Waals surface area contributed by atoms with Gasteiger partial charge in [0.1, 0.15) is 0 Å². The van der Waals surface area contributed by atoms with Crippen molar-refractivity contribution in [2.75, 3.05) is 0 Å². The molecule has 1 aromatic carbocycles. The Kier molecular flexibility index (Phi) is 2.44. The zero-order valence-corrected chi connectivity index (χ0v) is 11.7. The lowest BCUT2D eigenvalue weighted by atomic mass is 9.78. The molecular weight excluding hydrogens is 302 g/mol. The fraction of sp³-hybridized carbons (Fsp3) is 0.500. The van der Waals surface area contributed by atoms with Gasteiger partial charge in [-0.3, -0.25) is 0 Å². The summed E-state index contributed by atoms with van der Waals surface area (Å²) in [5.74, 6) is 0. The van der Waals surface area contributed by atoms with Crippen LogP contribution in [0, 0.1) is 0 Å². The molecule has 0 bridgehead atoms. The smallest absolute Gasteiger partial charge is 0.184 e. The maximum atomic E-state index is 12.6. The normalized spacial score (nSPS) is 28.5. The molecule has 1 aliphatic heterocycles. The molecule has 0 aromatic heterocycles. The monoisotopic (exact) mass is 315 g/mol. The van der Waals surface area contributed by atoms with Gasteiger partial charge >= 0.3 is 0 Å². The van der Waals surface area contributed by atoms with Crippen molar-refractivity contribution in [1.82, 2.24) is 0 Å². The highest BCUT2D eigenvalue weighted by molar-refractivity contribution is 9.10. The molecule has 2 aliphatic rings. The molecule has 0 unspecified atom stereocenters. The summed E-state index contributed by atoms with van der Waals surface area (Å²) in [6, 6.07) is 5.14. The predicted octanol–water partition coefficient (Wildman–Crippen LogP) is 2.55. The van der Waals surface area contributed by atoms with E-state index in [2.05, 4.69) is 15.9 Å². The van der Waals surface area contributed by atoms with Crippen LogP contribution >= 0.6 is 15.9 Å². The zero-order valence-electron chi connectivity index (χ0n) is 9.32. The summed E-state index contributed by atoms with van der Waals surface area (Å²) in [4.78, 5) is 0.444. The van der Waals surface area contributed by atoms with E-state index in [4.69, 9.17) is 5.73 Å². The van der Waals surface area contributed by atoms with Gasteiger partial charge in [-0.1, -0.05) is 22.4 Å². The number of halogens is 1. The van der Waals surface area contributed by atoms with Crippen molar-refractivity contribution in [3.8, 4) is 0 Å². The highest BCUT2D eigenvalue weighted by Crippen LogP contribution is 2.52. The Balaban J connectivity index is 2.24. The van der Waals surface area contributed by atoms with Gasteiger partial charge in [-0.05, 0) is 43.0 Å². The van der Waals surface area contributed by atoms with E-state index < -0.39 is 14.6 Å². The van der Waals surface area contributed by atoms with Crippen molar-refractivity contribution in [3.63, 3.8) is 0 Å². The molecule has 0 radical (unpaired) electrons. The second-order valence-electron chi connectivity index (χ2n) is 5.03. The molecule has 17 heavy (non-hydrogen) atoms. The van der Waals surface area contributed by atoms with Crippen LogP contribution in [0.4, 0.5) is 0 Å². The maximum Gasteiger partial charge on any atom is 0.184 e. The molecule has 1 aromatic rings. The van der Waals surface area contributed by atoms with Crippen LogP contribution in [0.2, 0.25) is 0 Å². The molecule has 0 saturated heterocycles. The standard InChI is InChI=1S/C12H14BrNO2S/c13-8-2-3-11-9(6-8)10(14)7-12(4-1-5-12)17(11,15)16/h2-3,6,10H,1,4-5,7,14H2/t10-/m1/s1. The van der Waals surface area contributed by atoms with E-state index in [-0.39, 0.29) is 6.04 Å². The van der Waals surface area contributed by atoms with Crippen LogP contribution in [0.3, 0.4) is 0 Å². The molecule has 5 heteroatoms. The van der Waals surface area contributed by atoms with E-state index in [1.54, 1.807) is 12.1 Å². The van der Waals surface area contributed by atoms with Crippen molar-refractivity contribution in [3.05, 3.63) is 28.2 Å². The summed E-state index contributed by atoms with van der Waals surface area (Å²) in [6.07, 6.45) is 3.09. The lowest BCUT2D eigenvalue weighted by molar-refractivity contribution is 0.290. The van der Waals surface area contributed by atoms with Crippen molar-refractivity contribution in [1.29, 1.82) is 0 Å². The van der Waals surface area contributed by atoms with Gasteiger partial charge in [-0.25, -0.2) is 8.42 Å². The first-order valence-corrected chi connectivity index (χ1v) is 8.04. The topological polar surface area (TPSA) is 60.2 Å². The third-order valence-corrected chi connectivity index (χ3v) is 7.25. The highest BCUT2D eigenvalue weighted by atomic mass is 79.9. The zero-order chi connectivity index (χ0) is 12.3. The summed E-state index contributed by atoms with van der Waals surface area (Å²) in [5, 5.41) is 0. The molecule has 3 nitrogen and oxygen atoms in total. The molecule has 0 amide bonds. The second kappa shape index (κ2) is 3.56. The highest BCUT2D eigenvalue weighted by Gasteiger charge is 2.53. The number of hydrogen-bond acceptors (Lipinski definition) is 3. The van der Waals surface area contributed by atoms with E-state index in [9.17, 15) is 8.42 Å². The minimum Gasteiger partial charge on any atom is -0.324 e. The number of fused-ring (bicyclic) bond motifs is 1. The molecule has 1 atom stereocenters. The minimum absolute atomic E-state index is 0.161. The summed E-state index contributed by atoms with van der Waals surface area (Å²) in [6.45, 7) is 0. The van der Waals surface area contributed by atoms with Gasteiger partial charge in [0.2, 0.25) is 0 Å². The van der Waals surface area contributed by atoms with E-state index in [1.165, 1.54) is 0 Å². The number of rotatable bonds is 0. The first-order chi connectivity index (χ1) is 7.96. The van der Waals surface area contributed by atoms with E-state index in [0.717, 1.165) is 29.3 Å². The summed E-state index contributed by atoms with van der Waals surface area (Å²) in [5.41, 5.74) is 6.90. The second-order valence-corrected chi connectivity index (χ2v) is 8.26. The number of nitrogens with two attached hydrogens (primary N) is 1. The Labute approximate surface area is 109 Å². The molecule has 92 valence electrons. The molecular formula is C12H14BrNO2S. The predicted molar refractivity (Wildman–Crippen MR) is 69.5 cm³/mol. The summed E-state index contributed by atoms with van der Waals surface area (Å²) in [7, 11) is -3.20. The van der Waals surface area contributed by atoms with Gasteiger partial charge in [0.25, 0.3) is 0 Å². The van der Waals surface area contributed by atoms with Crippen molar-refractivity contribution in [2.45, 2.75) is 41.4 Å². The minimum atomic E-state index is -3.20. The third-order valence-electron chi connectivity index (χ3n) is 4.09. The van der Waals surface area contributed by atoms with E-state index >= 15 is 0 Å². The van der Waals surface area contributed by atoms with Crippen LogP contribution < -0.4 is 5.73 Å². The van der Waals surface area contributed by atoms with Gasteiger partial charge < -0.3 is 5.73 Å². The lowest BCUT2D eigenvalue weighted by Gasteiger charge is -2.46. The van der Waals surface area contributed by atoms with Gasteiger partial charge in [0.05, 0.1) is 9.64 Å². The van der Waals surface area contributed by atoms with Gasteiger partial charge in [0, 0.05) is 10.5 Å². The average molecular weight is 316 g/mol. The average Bonchev–Trinajstić information content (AvgIpc) is 2.20. The lowest BCUT2D eigenvalue weighted by Crippen LogP contribution is -2.50. The van der Waals surface area contributed by atoms with Crippen LogP contribution in [0.25, 0.3) is 0 Å². The van der Waals surface area contributed by atoms with Crippen LogP contribution in [0.1, 0.15) is 37.3 Å². The Bertz CT molecular complexity index is 578.